The molecule has 0 spiro atoms. The highest BCUT2D eigenvalue weighted by Crippen LogP contribution is 2.31. The summed E-state index contributed by atoms with van der Waals surface area (Å²) in [4.78, 5) is 20.5. The molecule has 0 aliphatic rings. The van der Waals surface area contributed by atoms with Crippen LogP contribution in [0.4, 0.5) is 5.82 Å². The van der Waals surface area contributed by atoms with Gasteiger partial charge in [0.15, 0.2) is 0 Å². The van der Waals surface area contributed by atoms with E-state index in [0.717, 1.165) is 22.0 Å². The average Bonchev–Trinajstić information content (AvgIpc) is 3.21. The molecule has 0 fully saturated rings. The van der Waals surface area contributed by atoms with Crippen molar-refractivity contribution in [2.45, 2.75) is 19.9 Å². The summed E-state index contributed by atoms with van der Waals surface area (Å²) in [5.41, 5.74) is 3.81. The molecule has 4 rings (SSSR count). The third-order valence-corrected chi connectivity index (χ3v) is 4.99. The summed E-state index contributed by atoms with van der Waals surface area (Å²) in [5, 5.41) is 5.18. The maximum Gasteiger partial charge on any atom is 0.338 e. The highest BCUT2D eigenvalue weighted by molar-refractivity contribution is 5.95. The fourth-order valence-corrected chi connectivity index (χ4v) is 3.43. The van der Waals surface area contributed by atoms with Crippen LogP contribution in [0.5, 0.6) is 0 Å². The molecule has 0 aliphatic heterocycles. The van der Waals surface area contributed by atoms with E-state index in [0.29, 0.717) is 17.1 Å². The van der Waals surface area contributed by atoms with Gasteiger partial charge in [-0.1, -0.05) is 55.1 Å². The quantitative estimate of drug-likeness (QED) is 0.278. The Morgan fingerprint density at radius 1 is 1.16 bits per heavy atom. The first-order valence-corrected chi connectivity index (χ1v) is 10.3. The topological polar surface area (TPSA) is 61.4 Å². The van der Waals surface area contributed by atoms with E-state index in [4.69, 9.17) is 11.3 Å². The fourth-order valence-electron chi connectivity index (χ4n) is 3.43. The minimum Gasteiger partial charge on any atom is -0.458 e. The molecule has 0 amide bonds. The molecule has 0 bridgehead atoms. The van der Waals surface area contributed by atoms with Gasteiger partial charge in [-0.2, -0.15) is 4.68 Å². The molecular weight excluding hydrogens is 400 g/mol. The number of nitrogens with zero attached hydrogens (tertiary/aromatic N) is 4. The number of hydrogen-bond donors (Lipinski definition) is 0. The zero-order chi connectivity index (χ0) is 22.5. The number of pyridine rings is 1. The predicted molar refractivity (Wildman–Crippen MR) is 125 cm³/mol. The van der Waals surface area contributed by atoms with Crippen molar-refractivity contribution >= 4 is 28.8 Å². The highest BCUT2D eigenvalue weighted by atomic mass is 16.5. The fraction of sp³-hybridized carbons (Fsp3) is 0.154. The van der Waals surface area contributed by atoms with Crippen LogP contribution in [0.2, 0.25) is 0 Å². The zero-order valence-electron chi connectivity index (χ0n) is 17.9. The van der Waals surface area contributed by atoms with E-state index in [9.17, 15) is 4.79 Å². The number of hydrogen-bond acceptors (Lipinski definition) is 4. The van der Waals surface area contributed by atoms with E-state index in [1.54, 1.807) is 18.3 Å². The zero-order valence-corrected chi connectivity index (χ0v) is 17.9. The maximum absolute atomic E-state index is 12.5. The molecule has 0 N–H and O–H groups in total. The first kappa shape index (κ1) is 21.0. The van der Waals surface area contributed by atoms with Gasteiger partial charge in [-0.05, 0) is 54.3 Å². The lowest BCUT2D eigenvalue weighted by atomic mass is 10.1. The van der Waals surface area contributed by atoms with Crippen molar-refractivity contribution in [3.8, 4) is 11.3 Å². The van der Waals surface area contributed by atoms with Crippen LogP contribution in [0, 0.1) is 6.57 Å². The van der Waals surface area contributed by atoms with E-state index in [2.05, 4.69) is 14.9 Å². The van der Waals surface area contributed by atoms with Gasteiger partial charge in [0, 0.05) is 11.6 Å². The number of benzene rings is 2. The second-order valence-electron chi connectivity index (χ2n) is 7.55. The van der Waals surface area contributed by atoms with Crippen molar-refractivity contribution in [2.24, 2.45) is 0 Å². The number of rotatable bonds is 6. The van der Waals surface area contributed by atoms with Crippen molar-refractivity contribution in [2.75, 3.05) is 6.61 Å². The monoisotopic (exact) mass is 422 g/mol. The Morgan fingerprint density at radius 3 is 2.72 bits per heavy atom. The average molecular weight is 422 g/mol. The Bertz CT molecular complexity index is 1330. The standard InChI is InChI=1S/C26H22N4O2/c1-18(2)30-24-12-11-20(16-22(24)25(27-3)29-30)23-17-21(13-14-28-23)26(31)32-15-7-10-19-8-5-4-6-9-19/h4-14,16-18H,15H2,1-2H3/b10-7+. The van der Waals surface area contributed by atoms with E-state index in [-0.39, 0.29) is 12.6 Å². The van der Waals surface area contributed by atoms with Crippen molar-refractivity contribution in [3.63, 3.8) is 0 Å². The van der Waals surface area contributed by atoms with Crippen molar-refractivity contribution in [1.29, 1.82) is 0 Å². The molecule has 6 nitrogen and oxygen atoms in total. The minimum atomic E-state index is -0.415. The molecule has 0 radical (unpaired) electrons. The first-order chi connectivity index (χ1) is 15.6. The number of carbonyl (C=O) groups excluding carboxylic acids is 1. The van der Waals surface area contributed by atoms with E-state index < -0.39 is 5.97 Å². The number of esters is 1. The summed E-state index contributed by atoms with van der Waals surface area (Å²) in [6.45, 7) is 11.7. The third-order valence-electron chi connectivity index (χ3n) is 4.99. The molecule has 0 unspecified atom stereocenters. The largest absolute Gasteiger partial charge is 0.458 e. The maximum atomic E-state index is 12.5. The third kappa shape index (κ3) is 4.42. The number of fused-ring (bicyclic) bond motifs is 1. The van der Waals surface area contributed by atoms with Crippen LogP contribution in [0.1, 0.15) is 35.8 Å². The number of ether oxygens (including phenoxy) is 1. The molecule has 6 heteroatoms. The van der Waals surface area contributed by atoms with Gasteiger partial charge in [0.1, 0.15) is 6.61 Å². The van der Waals surface area contributed by atoms with Crippen LogP contribution in [0.25, 0.3) is 33.1 Å². The summed E-state index contributed by atoms with van der Waals surface area (Å²) in [6.07, 6.45) is 5.30. The second kappa shape index (κ2) is 9.27. The molecule has 0 atom stereocenters. The summed E-state index contributed by atoms with van der Waals surface area (Å²) in [6, 6.07) is 19.1. The van der Waals surface area contributed by atoms with E-state index in [1.807, 2.05) is 79.2 Å². The predicted octanol–water partition coefficient (Wildman–Crippen LogP) is 6.10. The summed E-state index contributed by atoms with van der Waals surface area (Å²) in [7, 11) is 0. The Hall–Kier alpha value is -4.24. The molecule has 0 saturated carbocycles. The molecule has 0 aliphatic carbocycles. The molecule has 2 aromatic heterocycles. The Balaban J connectivity index is 1.53. The lowest BCUT2D eigenvalue weighted by Crippen LogP contribution is -2.05. The molecular formula is C26H22N4O2. The second-order valence-corrected chi connectivity index (χ2v) is 7.55. The Morgan fingerprint density at radius 2 is 1.97 bits per heavy atom. The van der Waals surface area contributed by atoms with Gasteiger partial charge >= 0.3 is 11.8 Å². The van der Waals surface area contributed by atoms with E-state index in [1.165, 1.54) is 0 Å². The minimum absolute atomic E-state index is 0.144. The normalized spacial score (nSPS) is 11.2. The van der Waals surface area contributed by atoms with Crippen LogP contribution >= 0.6 is 0 Å². The summed E-state index contributed by atoms with van der Waals surface area (Å²) >= 11 is 0. The Kier molecular flexibility index (Phi) is 6.09. The molecule has 32 heavy (non-hydrogen) atoms. The van der Waals surface area contributed by atoms with Crippen molar-refractivity contribution < 1.29 is 9.53 Å². The van der Waals surface area contributed by atoms with Gasteiger partial charge < -0.3 is 9.58 Å². The van der Waals surface area contributed by atoms with Crippen LogP contribution in [0.3, 0.4) is 0 Å². The molecule has 0 saturated heterocycles. The number of aromatic nitrogens is 3. The lowest BCUT2D eigenvalue weighted by molar-refractivity contribution is 0.0550. The van der Waals surface area contributed by atoms with Crippen LogP contribution in [0.15, 0.2) is 72.9 Å². The smallest absolute Gasteiger partial charge is 0.338 e. The van der Waals surface area contributed by atoms with Gasteiger partial charge in [0.25, 0.3) is 0 Å². The van der Waals surface area contributed by atoms with Crippen LogP contribution in [-0.2, 0) is 4.74 Å². The van der Waals surface area contributed by atoms with Crippen LogP contribution in [-0.4, -0.2) is 27.3 Å². The van der Waals surface area contributed by atoms with Gasteiger partial charge in [-0.15, -0.1) is 0 Å². The van der Waals surface area contributed by atoms with Crippen molar-refractivity contribution in [1.82, 2.24) is 14.8 Å². The summed E-state index contributed by atoms with van der Waals surface area (Å²) < 4.78 is 7.21. The van der Waals surface area contributed by atoms with Crippen molar-refractivity contribution in [3.05, 3.63) is 95.5 Å². The lowest BCUT2D eigenvalue weighted by Gasteiger charge is -2.06. The summed E-state index contributed by atoms with van der Waals surface area (Å²) in [5.74, 6) is -0.0572. The first-order valence-electron chi connectivity index (χ1n) is 10.3. The van der Waals surface area contributed by atoms with Gasteiger partial charge in [-0.25, -0.2) is 4.79 Å². The highest BCUT2D eigenvalue weighted by Gasteiger charge is 2.16. The van der Waals surface area contributed by atoms with E-state index >= 15 is 0 Å². The van der Waals surface area contributed by atoms with Gasteiger partial charge in [0.2, 0.25) is 0 Å². The number of carbonyl (C=O) groups is 1. The van der Waals surface area contributed by atoms with Gasteiger partial charge in [0.05, 0.1) is 22.8 Å². The SMILES string of the molecule is [C-]#[N+]c1nn(C(C)C)c2ccc(-c3cc(C(=O)OC/C=C/c4ccccc4)ccn3)cc12. The Labute approximate surface area is 186 Å². The molecule has 2 aromatic carbocycles. The molecule has 2 heterocycles. The molecule has 4 aromatic rings. The van der Waals surface area contributed by atoms with Gasteiger partial charge in [-0.3, -0.25) is 4.98 Å². The van der Waals surface area contributed by atoms with Crippen LogP contribution < -0.4 is 0 Å². The molecule has 158 valence electrons.